The van der Waals surface area contributed by atoms with Crippen LogP contribution in [0.1, 0.15) is 22.6 Å². The van der Waals surface area contributed by atoms with Crippen molar-refractivity contribution in [3.05, 3.63) is 89.2 Å². The summed E-state index contributed by atoms with van der Waals surface area (Å²) in [7, 11) is 1.43. The molecule has 0 aliphatic heterocycles. The predicted molar refractivity (Wildman–Crippen MR) is 116 cm³/mol. The summed E-state index contributed by atoms with van der Waals surface area (Å²) in [6.07, 6.45) is -1.12. The van der Waals surface area contributed by atoms with Crippen LogP contribution in [0.4, 0.5) is 9.18 Å². The van der Waals surface area contributed by atoms with Gasteiger partial charge in [-0.2, -0.15) is 0 Å². The molecule has 32 heavy (non-hydrogen) atoms. The number of alkyl carbamates (subject to hydrolysis) is 1. The molecule has 0 bridgehead atoms. The number of rotatable bonds is 7. The first kappa shape index (κ1) is 21.4. The van der Waals surface area contributed by atoms with E-state index in [1.807, 2.05) is 48.5 Å². The molecule has 0 unspecified atom stereocenters. The molecule has 1 aliphatic rings. The van der Waals surface area contributed by atoms with Crippen molar-refractivity contribution >= 4 is 12.1 Å². The molecule has 0 saturated heterocycles. The van der Waals surface area contributed by atoms with Crippen LogP contribution in [0.5, 0.6) is 5.75 Å². The van der Waals surface area contributed by atoms with E-state index in [1.165, 1.54) is 25.3 Å². The Labute approximate surface area is 184 Å². The quantitative estimate of drug-likeness (QED) is 0.576. The molecule has 1 aliphatic carbocycles. The van der Waals surface area contributed by atoms with E-state index >= 15 is 0 Å². The van der Waals surface area contributed by atoms with Gasteiger partial charge >= 0.3 is 12.1 Å². The smallest absolute Gasteiger partial charge is 0.407 e. The highest BCUT2D eigenvalue weighted by molar-refractivity contribution is 5.81. The third-order valence-corrected chi connectivity index (χ3v) is 5.61. The Morgan fingerprint density at radius 2 is 1.66 bits per heavy atom. The molecule has 0 saturated carbocycles. The number of amides is 1. The van der Waals surface area contributed by atoms with Crippen molar-refractivity contribution in [1.29, 1.82) is 0 Å². The minimum absolute atomic E-state index is 0.0553. The van der Waals surface area contributed by atoms with E-state index in [1.54, 1.807) is 0 Å². The van der Waals surface area contributed by atoms with Crippen LogP contribution in [0.15, 0.2) is 66.7 Å². The summed E-state index contributed by atoms with van der Waals surface area (Å²) in [5, 5.41) is 11.9. The largest absolute Gasteiger partial charge is 0.497 e. The summed E-state index contributed by atoms with van der Waals surface area (Å²) in [4.78, 5) is 24.1. The van der Waals surface area contributed by atoms with Crippen molar-refractivity contribution < 1.29 is 28.6 Å². The summed E-state index contributed by atoms with van der Waals surface area (Å²) in [6, 6.07) is 18.5. The van der Waals surface area contributed by atoms with Gasteiger partial charge in [0.15, 0.2) is 0 Å². The molecule has 4 rings (SSSR count). The predicted octanol–water partition coefficient (Wildman–Crippen LogP) is 4.37. The van der Waals surface area contributed by atoms with Crippen LogP contribution in [0, 0.1) is 5.82 Å². The van der Waals surface area contributed by atoms with Gasteiger partial charge in [0.05, 0.1) is 7.11 Å². The summed E-state index contributed by atoms with van der Waals surface area (Å²) < 4.78 is 24.6. The number of carboxylic acid groups (broad SMARTS) is 1. The molecule has 0 spiro atoms. The lowest BCUT2D eigenvalue weighted by atomic mass is 9.98. The number of nitrogens with one attached hydrogen (secondary N) is 1. The standard InChI is InChI=1S/C25H22FNO5/c1-31-16-10-11-22(26)15(12-16)13-23(24(28)29)27-25(30)32-14-21-19-8-4-2-6-17(19)18-7-3-5-9-20(18)21/h2-12,21,23H,13-14H2,1H3,(H,27,30)(H,28,29)/t23-/m0/s1. The molecule has 0 aromatic heterocycles. The number of methoxy groups -OCH3 is 1. The minimum atomic E-state index is -1.35. The molecule has 7 heteroatoms. The second kappa shape index (κ2) is 9.09. The van der Waals surface area contributed by atoms with Crippen molar-refractivity contribution in [3.63, 3.8) is 0 Å². The Bertz CT molecular complexity index is 1120. The highest BCUT2D eigenvalue weighted by atomic mass is 19.1. The number of hydrogen-bond donors (Lipinski definition) is 2. The number of carbonyl (C=O) groups is 2. The number of hydrogen-bond acceptors (Lipinski definition) is 4. The SMILES string of the molecule is COc1ccc(F)c(C[C@H](NC(=O)OCC2c3ccccc3-c3ccccc32)C(=O)O)c1. The van der Waals surface area contributed by atoms with Gasteiger partial charge in [-0.05, 0) is 46.0 Å². The molecule has 0 fully saturated rings. The number of halogens is 1. The summed E-state index contributed by atoms with van der Waals surface area (Å²) in [6.45, 7) is 0.0553. The number of benzene rings is 3. The zero-order valence-corrected chi connectivity index (χ0v) is 17.4. The van der Waals surface area contributed by atoms with Crippen LogP contribution >= 0.6 is 0 Å². The first-order valence-corrected chi connectivity index (χ1v) is 10.1. The molecule has 6 nitrogen and oxygen atoms in total. The summed E-state index contributed by atoms with van der Waals surface area (Å²) in [5.74, 6) is -1.62. The molecular formula is C25H22FNO5. The van der Waals surface area contributed by atoms with E-state index in [-0.39, 0.29) is 24.5 Å². The molecule has 3 aromatic rings. The van der Waals surface area contributed by atoms with Gasteiger partial charge in [-0.25, -0.2) is 14.0 Å². The van der Waals surface area contributed by atoms with E-state index in [0.29, 0.717) is 5.75 Å². The van der Waals surface area contributed by atoms with Crippen molar-refractivity contribution in [1.82, 2.24) is 5.32 Å². The van der Waals surface area contributed by atoms with Gasteiger partial charge in [-0.15, -0.1) is 0 Å². The fraction of sp³-hybridized carbons (Fsp3) is 0.200. The lowest BCUT2D eigenvalue weighted by Gasteiger charge is -2.18. The average Bonchev–Trinajstić information content (AvgIpc) is 3.12. The first-order chi connectivity index (χ1) is 15.5. The van der Waals surface area contributed by atoms with Crippen molar-refractivity contribution in [2.24, 2.45) is 0 Å². The average molecular weight is 435 g/mol. The Morgan fingerprint density at radius 3 is 2.25 bits per heavy atom. The van der Waals surface area contributed by atoms with Gasteiger partial charge in [-0.3, -0.25) is 0 Å². The maximum atomic E-state index is 14.1. The van der Waals surface area contributed by atoms with E-state index in [2.05, 4.69) is 5.32 Å². The molecule has 3 aromatic carbocycles. The van der Waals surface area contributed by atoms with Crippen LogP contribution < -0.4 is 10.1 Å². The van der Waals surface area contributed by atoms with Gasteiger partial charge in [-0.1, -0.05) is 48.5 Å². The van der Waals surface area contributed by atoms with E-state index < -0.39 is 23.9 Å². The number of carboxylic acids is 1. The lowest BCUT2D eigenvalue weighted by Crippen LogP contribution is -2.43. The zero-order valence-electron chi connectivity index (χ0n) is 17.4. The molecule has 0 heterocycles. The first-order valence-electron chi connectivity index (χ1n) is 10.1. The highest BCUT2D eigenvalue weighted by Gasteiger charge is 2.30. The number of carbonyl (C=O) groups excluding carboxylic acids is 1. The number of ether oxygens (including phenoxy) is 2. The maximum absolute atomic E-state index is 14.1. The van der Waals surface area contributed by atoms with Gasteiger partial charge in [0.2, 0.25) is 0 Å². The van der Waals surface area contributed by atoms with Crippen molar-refractivity contribution in [2.75, 3.05) is 13.7 Å². The Morgan fingerprint density at radius 1 is 1.03 bits per heavy atom. The third kappa shape index (κ3) is 4.27. The fourth-order valence-electron chi connectivity index (χ4n) is 4.04. The molecule has 1 amide bonds. The topological polar surface area (TPSA) is 84.9 Å². The molecular weight excluding hydrogens is 413 g/mol. The fourth-order valence-corrected chi connectivity index (χ4v) is 4.04. The Kier molecular flexibility index (Phi) is 6.07. The van der Waals surface area contributed by atoms with E-state index in [9.17, 15) is 19.1 Å². The number of fused-ring (bicyclic) bond motifs is 3. The molecule has 164 valence electrons. The lowest BCUT2D eigenvalue weighted by molar-refractivity contribution is -0.139. The van der Waals surface area contributed by atoms with Crippen LogP contribution in [-0.4, -0.2) is 36.9 Å². The van der Waals surface area contributed by atoms with Gasteiger partial charge in [0, 0.05) is 12.3 Å². The summed E-state index contributed by atoms with van der Waals surface area (Å²) >= 11 is 0. The van der Waals surface area contributed by atoms with E-state index in [0.717, 1.165) is 22.3 Å². The van der Waals surface area contributed by atoms with Gasteiger partial charge in [0.25, 0.3) is 0 Å². The minimum Gasteiger partial charge on any atom is -0.497 e. The molecule has 0 radical (unpaired) electrons. The highest BCUT2D eigenvalue weighted by Crippen LogP contribution is 2.44. The second-order valence-corrected chi connectivity index (χ2v) is 7.52. The Balaban J connectivity index is 1.44. The van der Waals surface area contributed by atoms with Gasteiger partial charge < -0.3 is 19.9 Å². The number of aliphatic carboxylic acids is 1. The van der Waals surface area contributed by atoms with Crippen LogP contribution in [-0.2, 0) is 16.0 Å². The second-order valence-electron chi connectivity index (χ2n) is 7.52. The zero-order chi connectivity index (χ0) is 22.7. The van der Waals surface area contributed by atoms with E-state index in [4.69, 9.17) is 9.47 Å². The summed E-state index contributed by atoms with van der Waals surface area (Å²) in [5.41, 5.74) is 4.41. The third-order valence-electron chi connectivity index (χ3n) is 5.61. The maximum Gasteiger partial charge on any atom is 0.407 e. The van der Waals surface area contributed by atoms with Crippen LogP contribution in [0.3, 0.4) is 0 Å². The van der Waals surface area contributed by atoms with Crippen LogP contribution in [0.2, 0.25) is 0 Å². The van der Waals surface area contributed by atoms with Crippen molar-refractivity contribution in [3.8, 4) is 16.9 Å². The molecule has 1 atom stereocenters. The Hall–Kier alpha value is -3.87. The van der Waals surface area contributed by atoms with Gasteiger partial charge in [0.1, 0.15) is 24.2 Å². The monoisotopic (exact) mass is 435 g/mol. The normalized spacial score (nSPS) is 13.1. The van der Waals surface area contributed by atoms with Crippen molar-refractivity contribution in [2.45, 2.75) is 18.4 Å². The van der Waals surface area contributed by atoms with Crippen LogP contribution in [0.25, 0.3) is 11.1 Å². The molecule has 2 N–H and O–H groups in total.